The maximum absolute atomic E-state index is 13.0. The third-order valence-corrected chi connectivity index (χ3v) is 5.39. The van der Waals surface area contributed by atoms with E-state index in [1.807, 2.05) is 13.0 Å². The van der Waals surface area contributed by atoms with Crippen LogP contribution in [0.2, 0.25) is 0 Å². The van der Waals surface area contributed by atoms with Crippen molar-refractivity contribution in [2.75, 3.05) is 10.0 Å². The van der Waals surface area contributed by atoms with Crippen LogP contribution in [0.1, 0.15) is 21.5 Å². The first kappa shape index (κ1) is 19.5. The Morgan fingerprint density at radius 2 is 1.71 bits per heavy atom. The smallest absolute Gasteiger partial charge is 0.261 e. The fraction of sp³-hybridized carbons (Fsp3) is 0.100. The molecule has 0 aliphatic carbocycles. The number of rotatable bonds is 5. The van der Waals surface area contributed by atoms with Crippen LogP contribution in [0.3, 0.4) is 0 Å². The molecule has 0 saturated heterocycles. The van der Waals surface area contributed by atoms with Gasteiger partial charge in [-0.1, -0.05) is 12.1 Å². The lowest BCUT2D eigenvalue weighted by Gasteiger charge is -2.12. The maximum Gasteiger partial charge on any atom is 0.261 e. The highest BCUT2D eigenvalue weighted by Crippen LogP contribution is 2.20. The second kappa shape index (κ2) is 7.77. The van der Waals surface area contributed by atoms with Crippen molar-refractivity contribution in [1.29, 1.82) is 0 Å². The minimum absolute atomic E-state index is 0.0792. The lowest BCUT2D eigenvalue weighted by molar-refractivity contribution is 0.102. The molecule has 0 bridgehead atoms. The van der Waals surface area contributed by atoms with Gasteiger partial charge < -0.3 is 5.32 Å². The number of carbonyl (C=O) groups is 1. The van der Waals surface area contributed by atoms with E-state index in [-0.39, 0.29) is 16.1 Å². The van der Waals surface area contributed by atoms with Crippen LogP contribution < -0.4 is 10.0 Å². The number of anilines is 2. The quantitative estimate of drug-likeness (QED) is 0.681. The number of sulfonamides is 1. The van der Waals surface area contributed by atoms with Crippen LogP contribution in [0.25, 0.3) is 0 Å². The van der Waals surface area contributed by atoms with E-state index in [1.54, 1.807) is 25.3 Å². The Hall–Kier alpha value is -3.26. The molecule has 0 unspecified atom stereocenters. The van der Waals surface area contributed by atoms with E-state index in [2.05, 4.69) is 15.0 Å². The van der Waals surface area contributed by atoms with E-state index in [0.29, 0.717) is 11.4 Å². The van der Waals surface area contributed by atoms with E-state index in [0.717, 1.165) is 17.7 Å². The SMILES string of the molecule is Cc1ccc(NC(=O)c2cc(S(=O)(=O)Nc3ccc(F)cc3)ccc2C)nc1. The number of carbonyl (C=O) groups excluding carboxylic acids is 1. The van der Waals surface area contributed by atoms with Gasteiger partial charge >= 0.3 is 0 Å². The van der Waals surface area contributed by atoms with Crippen molar-refractivity contribution in [1.82, 2.24) is 4.98 Å². The van der Waals surface area contributed by atoms with Crippen molar-refractivity contribution in [3.63, 3.8) is 0 Å². The zero-order chi connectivity index (χ0) is 20.3. The van der Waals surface area contributed by atoms with Crippen molar-refractivity contribution in [3.8, 4) is 0 Å². The summed E-state index contributed by atoms with van der Waals surface area (Å²) in [7, 11) is -3.95. The molecule has 1 amide bonds. The van der Waals surface area contributed by atoms with Crippen LogP contribution in [0.5, 0.6) is 0 Å². The molecule has 1 heterocycles. The number of benzene rings is 2. The second-order valence-corrected chi connectivity index (χ2v) is 7.95. The highest BCUT2D eigenvalue weighted by molar-refractivity contribution is 7.92. The lowest BCUT2D eigenvalue weighted by atomic mass is 10.1. The number of nitrogens with one attached hydrogen (secondary N) is 2. The second-order valence-electron chi connectivity index (χ2n) is 6.26. The Balaban J connectivity index is 1.86. The van der Waals surface area contributed by atoms with Crippen LogP contribution in [-0.2, 0) is 10.0 Å². The van der Waals surface area contributed by atoms with Crippen molar-refractivity contribution in [2.45, 2.75) is 18.7 Å². The van der Waals surface area contributed by atoms with Crippen molar-refractivity contribution in [2.24, 2.45) is 0 Å². The van der Waals surface area contributed by atoms with E-state index in [9.17, 15) is 17.6 Å². The fourth-order valence-electron chi connectivity index (χ4n) is 2.47. The third kappa shape index (κ3) is 4.52. The van der Waals surface area contributed by atoms with Crippen molar-refractivity contribution >= 4 is 27.4 Å². The van der Waals surface area contributed by atoms with Gasteiger partial charge in [0.25, 0.3) is 15.9 Å². The molecular formula is C20H18FN3O3S. The van der Waals surface area contributed by atoms with Crippen LogP contribution in [-0.4, -0.2) is 19.3 Å². The first-order valence-corrected chi connectivity index (χ1v) is 9.86. The first-order valence-electron chi connectivity index (χ1n) is 8.38. The largest absolute Gasteiger partial charge is 0.307 e. The molecule has 2 aromatic carbocycles. The normalized spacial score (nSPS) is 11.1. The number of amides is 1. The molecule has 0 saturated carbocycles. The summed E-state index contributed by atoms with van der Waals surface area (Å²) < 4.78 is 40.6. The Morgan fingerprint density at radius 3 is 2.36 bits per heavy atom. The molecule has 0 aliphatic heterocycles. The summed E-state index contributed by atoms with van der Waals surface area (Å²) in [6, 6.07) is 12.7. The van der Waals surface area contributed by atoms with Crippen LogP contribution in [0, 0.1) is 19.7 Å². The Kier molecular flexibility index (Phi) is 5.41. The maximum atomic E-state index is 13.0. The topological polar surface area (TPSA) is 88.2 Å². The molecule has 0 radical (unpaired) electrons. The van der Waals surface area contributed by atoms with E-state index in [4.69, 9.17) is 0 Å². The van der Waals surface area contributed by atoms with Crippen molar-refractivity contribution < 1.29 is 17.6 Å². The van der Waals surface area contributed by atoms with Crippen LogP contribution >= 0.6 is 0 Å². The van der Waals surface area contributed by atoms with Gasteiger partial charge in [0, 0.05) is 17.4 Å². The summed E-state index contributed by atoms with van der Waals surface area (Å²) in [6.45, 7) is 3.59. The van der Waals surface area contributed by atoms with Gasteiger partial charge in [-0.05, 0) is 67.4 Å². The summed E-state index contributed by atoms with van der Waals surface area (Å²) >= 11 is 0. The molecule has 3 aromatic rings. The van der Waals surface area contributed by atoms with E-state index < -0.39 is 21.7 Å². The molecule has 0 spiro atoms. The minimum Gasteiger partial charge on any atom is -0.307 e. The predicted octanol–water partition coefficient (Wildman–Crippen LogP) is 3.89. The lowest BCUT2D eigenvalue weighted by Crippen LogP contribution is -2.17. The van der Waals surface area contributed by atoms with Gasteiger partial charge in [-0.2, -0.15) is 0 Å². The van der Waals surface area contributed by atoms with Gasteiger partial charge in [-0.15, -0.1) is 0 Å². The van der Waals surface area contributed by atoms with Crippen molar-refractivity contribution in [3.05, 3.63) is 83.3 Å². The molecule has 1 aromatic heterocycles. The standard InChI is InChI=1S/C20H18FN3O3S/c1-13-3-10-19(22-12-13)23-20(25)18-11-17(9-4-14(18)2)28(26,27)24-16-7-5-15(21)6-8-16/h3-12,24H,1-2H3,(H,22,23,25). The summed E-state index contributed by atoms with van der Waals surface area (Å²) in [5.41, 5.74) is 2.00. The number of nitrogens with zero attached hydrogens (tertiary/aromatic N) is 1. The average molecular weight is 399 g/mol. The van der Waals surface area contributed by atoms with Gasteiger partial charge in [-0.3, -0.25) is 9.52 Å². The van der Waals surface area contributed by atoms with Crippen LogP contribution in [0.15, 0.2) is 65.7 Å². The third-order valence-electron chi connectivity index (χ3n) is 4.01. The molecule has 28 heavy (non-hydrogen) atoms. The number of aryl methyl sites for hydroxylation is 2. The molecule has 8 heteroatoms. The Labute approximate surface area is 162 Å². The molecular weight excluding hydrogens is 381 g/mol. The summed E-state index contributed by atoms with van der Waals surface area (Å²) in [5, 5.41) is 2.65. The zero-order valence-corrected chi connectivity index (χ0v) is 16.0. The Bertz CT molecular complexity index is 1110. The first-order chi connectivity index (χ1) is 13.2. The molecule has 144 valence electrons. The van der Waals surface area contributed by atoms with Gasteiger partial charge in [-0.25, -0.2) is 17.8 Å². The van der Waals surface area contributed by atoms with Gasteiger partial charge in [0.1, 0.15) is 11.6 Å². The molecule has 3 rings (SSSR count). The minimum atomic E-state index is -3.95. The van der Waals surface area contributed by atoms with Gasteiger partial charge in [0.2, 0.25) is 0 Å². The van der Waals surface area contributed by atoms with Gasteiger partial charge in [0.15, 0.2) is 0 Å². The zero-order valence-electron chi connectivity index (χ0n) is 15.2. The highest BCUT2D eigenvalue weighted by Gasteiger charge is 2.18. The summed E-state index contributed by atoms with van der Waals surface area (Å²) in [4.78, 5) is 16.6. The fourth-order valence-corrected chi connectivity index (χ4v) is 3.55. The summed E-state index contributed by atoms with van der Waals surface area (Å²) in [6.07, 6.45) is 1.62. The number of halogens is 1. The Morgan fingerprint density at radius 1 is 1.00 bits per heavy atom. The van der Waals surface area contributed by atoms with Crippen LogP contribution in [0.4, 0.5) is 15.9 Å². The molecule has 6 nitrogen and oxygen atoms in total. The average Bonchev–Trinajstić information content (AvgIpc) is 2.65. The summed E-state index contributed by atoms with van der Waals surface area (Å²) in [5.74, 6) is -0.567. The monoisotopic (exact) mass is 399 g/mol. The molecule has 0 atom stereocenters. The van der Waals surface area contributed by atoms with E-state index in [1.165, 1.54) is 24.3 Å². The predicted molar refractivity (Wildman–Crippen MR) is 105 cm³/mol. The number of hydrogen-bond acceptors (Lipinski definition) is 4. The number of pyridine rings is 1. The number of aromatic nitrogens is 1. The number of hydrogen-bond donors (Lipinski definition) is 2. The van der Waals surface area contributed by atoms with Gasteiger partial charge in [0.05, 0.1) is 4.90 Å². The highest BCUT2D eigenvalue weighted by atomic mass is 32.2. The molecule has 0 aliphatic rings. The molecule has 2 N–H and O–H groups in total. The molecule has 0 fully saturated rings. The van der Waals surface area contributed by atoms with E-state index >= 15 is 0 Å².